The largest absolute Gasteiger partial charge is 0.458 e. The molecule has 0 amide bonds. The molecule has 0 saturated carbocycles. The Morgan fingerprint density at radius 1 is 1.62 bits per heavy atom. The minimum absolute atomic E-state index is 0.0648. The summed E-state index contributed by atoms with van der Waals surface area (Å²) in [6.07, 6.45) is 1.60. The van der Waals surface area contributed by atoms with Crippen LogP contribution >= 0.6 is 11.6 Å². The van der Waals surface area contributed by atoms with E-state index in [-0.39, 0.29) is 23.9 Å². The van der Waals surface area contributed by atoms with E-state index in [0.29, 0.717) is 5.57 Å². The van der Waals surface area contributed by atoms with Crippen LogP contribution in [0.15, 0.2) is 23.8 Å². The summed E-state index contributed by atoms with van der Waals surface area (Å²) in [7, 11) is 0. The van der Waals surface area contributed by atoms with Crippen molar-refractivity contribution < 1.29 is 9.53 Å². The van der Waals surface area contributed by atoms with Gasteiger partial charge in [0.15, 0.2) is 0 Å². The topological polar surface area (TPSA) is 26.3 Å². The Morgan fingerprint density at radius 3 is 2.62 bits per heavy atom. The molecular formula is C10H13ClO2. The van der Waals surface area contributed by atoms with E-state index >= 15 is 0 Å². The Kier molecular flexibility index (Phi) is 3.15. The van der Waals surface area contributed by atoms with Crippen LogP contribution in [0.2, 0.25) is 0 Å². The molecule has 1 aliphatic rings. The molecule has 0 aromatic carbocycles. The summed E-state index contributed by atoms with van der Waals surface area (Å²) >= 11 is 5.54. The van der Waals surface area contributed by atoms with E-state index in [2.05, 4.69) is 6.58 Å². The number of cyclic esters (lactones) is 1. The van der Waals surface area contributed by atoms with Crippen LogP contribution in [0.5, 0.6) is 0 Å². The first-order valence-corrected chi connectivity index (χ1v) is 4.69. The zero-order valence-electron chi connectivity index (χ0n) is 7.79. The predicted molar refractivity (Wildman–Crippen MR) is 52.3 cm³/mol. The van der Waals surface area contributed by atoms with Crippen molar-refractivity contribution in [2.45, 2.75) is 20.0 Å². The number of esters is 1. The van der Waals surface area contributed by atoms with Gasteiger partial charge in [0.1, 0.15) is 6.10 Å². The maximum Gasteiger partial charge on any atom is 0.335 e. The van der Waals surface area contributed by atoms with Gasteiger partial charge in [-0.05, 0) is 5.92 Å². The minimum atomic E-state index is -0.321. The van der Waals surface area contributed by atoms with Crippen LogP contribution in [0.1, 0.15) is 13.8 Å². The van der Waals surface area contributed by atoms with Crippen LogP contribution in [0.25, 0.3) is 0 Å². The molecule has 0 N–H and O–H groups in total. The lowest BCUT2D eigenvalue weighted by atomic mass is 9.90. The van der Waals surface area contributed by atoms with E-state index in [1.807, 2.05) is 13.8 Å². The summed E-state index contributed by atoms with van der Waals surface area (Å²) < 4.78 is 5.17. The van der Waals surface area contributed by atoms with Crippen LogP contribution < -0.4 is 0 Å². The highest BCUT2D eigenvalue weighted by Crippen LogP contribution is 2.33. The number of rotatable bonds is 2. The summed E-state index contributed by atoms with van der Waals surface area (Å²) in [4.78, 5) is 11.3. The van der Waals surface area contributed by atoms with Crippen molar-refractivity contribution in [1.82, 2.24) is 0 Å². The lowest BCUT2D eigenvalue weighted by molar-refractivity contribution is -0.140. The van der Waals surface area contributed by atoms with Gasteiger partial charge in [-0.15, -0.1) is 6.58 Å². The SMILES string of the molecule is C=C[C@H]1/C(=C/Cl)C(=O)O[C@H]1C(C)C. The molecule has 0 radical (unpaired) electrons. The zero-order chi connectivity index (χ0) is 10.0. The van der Waals surface area contributed by atoms with E-state index in [0.717, 1.165) is 0 Å². The molecule has 1 fully saturated rings. The molecule has 2 atom stereocenters. The van der Waals surface area contributed by atoms with Gasteiger partial charge in [-0.3, -0.25) is 0 Å². The van der Waals surface area contributed by atoms with Crippen LogP contribution in [-0.4, -0.2) is 12.1 Å². The third kappa shape index (κ3) is 1.78. The average Bonchev–Trinajstić information content (AvgIpc) is 2.41. The van der Waals surface area contributed by atoms with Crippen LogP contribution in [-0.2, 0) is 9.53 Å². The van der Waals surface area contributed by atoms with Crippen molar-refractivity contribution in [2.75, 3.05) is 0 Å². The monoisotopic (exact) mass is 200 g/mol. The molecule has 1 rings (SSSR count). The van der Waals surface area contributed by atoms with E-state index in [9.17, 15) is 4.79 Å². The molecule has 1 saturated heterocycles. The van der Waals surface area contributed by atoms with Gasteiger partial charge in [0, 0.05) is 11.5 Å². The van der Waals surface area contributed by atoms with Crippen LogP contribution in [0, 0.1) is 11.8 Å². The van der Waals surface area contributed by atoms with Gasteiger partial charge in [0.05, 0.1) is 5.57 Å². The summed E-state index contributed by atoms with van der Waals surface area (Å²) in [6.45, 7) is 7.69. The Morgan fingerprint density at radius 2 is 2.23 bits per heavy atom. The van der Waals surface area contributed by atoms with Gasteiger partial charge in [0.2, 0.25) is 0 Å². The summed E-state index contributed by atoms with van der Waals surface area (Å²) in [6, 6.07) is 0. The molecule has 0 aliphatic carbocycles. The molecule has 1 heterocycles. The van der Waals surface area contributed by atoms with E-state index < -0.39 is 0 Å². The fourth-order valence-corrected chi connectivity index (χ4v) is 1.74. The Balaban J connectivity index is 2.94. The van der Waals surface area contributed by atoms with Gasteiger partial charge < -0.3 is 4.74 Å². The number of hydrogen-bond acceptors (Lipinski definition) is 2. The predicted octanol–water partition coefficient (Wildman–Crippen LogP) is 2.49. The fourth-order valence-electron chi connectivity index (χ4n) is 1.51. The highest BCUT2D eigenvalue weighted by molar-refractivity contribution is 6.27. The summed E-state index contributed by atoms with van der Waals surface area (Å²) in [5.41, 5.74) is 1.80. The number of halogens is 1. The van der Waals surface area contributed by atoms with Crippen molar-refractivity contribution in [3.63, 3.8) is 0 Å². The van der Waals surface area contributed by atoms with Crippen molar-refractivity contribution in [3.8, 4) is 0 Å². The highest BCUT2D eigenvalue weighted by Gasteiger charge is 2.39. The number of hydrogen-bond donors (Lipinski definition) is 0. The lowest BCUT2D eigenvalue weighted by Gasteiger charge is -2.17. The van der Waals surface area contributed by atoms with E-state index in [1.165, 1.54) is 5.54 Å². The van der Waals surface area contributed by atoms with E-state index in [4.69, 9.17) is 16.3 Å². The van der Waals surface area contributed by atoms with Crippen molar-refractivity contribution in [3.05, 3.63) is 23.8 Å². The van der Waals surface area contributed by atoms with Crippen molar-refractivity contribution >= 4 is 17.6 Å². The first kappa shape index (κ1) is 10.3. The standard InChI is InChI=1S/C10H13ClO2/c1-4-7-8(5-11)10(12)13-9(7)6(2)3/h4-7,9H,1H2,2-3H3/b8-5-/t7-,9-/m0/s1. The van der Waals surface area contributed by atoms with Gasteiger partial charge in [-0.2, -0.15) is 0 Å². The molecule has 1 aliphatic heterocycles. The maximum absolute atomic E-state index is 11.3. The second-order valence-corrected chi connectivity index (χ2v) is 3.66. The lowest BCUT2D eigenvalue weighted by Crippen LogP contribution is -2.21. The van der Waals surface area contributed by atoms with Gasteiger partial charge in [0.25, 0.3) is 0 Å². The molecular weight excluding hydrogens is 188 g/mol. The molecule has 0 bridgehead atoms. The highest BCUT2D eigenvalue weighted by atomic mass is 35.5. The molecule has 0 spiro atoms. The number of ether oxygens (including phenoxy) is 1. The molecule has 3 heteroatoms. The Hall–Kier alpha value is -0.760. The molecule has 13 heavy (non-hydrogen) atoms. The van der Waals surface area contributed by atoms with E-state index in [1.54, 1.807) is 6.08 Å². The quantitative estimate of drug-likeness (QED) is 0.389. The molecule has 0 aromatic rings. The first-order valence-electron chi connectivity index (χ1n) is 4.25. The molecule has 0 aromatic heterocycles. The minimum Gasteiger partial charge on any atom is -0.458 e. The Bertz CT molecular complexity index is 256. The zero-order valence-corrected chi connectivity index (χ0v) is 8.54. The van der Waals surface area contributed by atoms with Crippen LogP contribution in [0.4, 0.5) is 0 Å². The smallest absolute Gasteiger partial charge is 0.335 e. The summed E-state index contributed by atoms with van der Waals surface area (Å²) in [5, 5.41) is 0. The third-order valence-electron chi connectivity index (χ3n) is 2.22. The number of carbonyl (C=O) groups excluding carboxylic acids is 1. The second kappa shape index (κ2) is 3.97. The molecule has 0 unspecified atom stereocenters. The van der Waals surface area contributed by atoms with Gasteiger partial charge in [-0.1, -0.05) is 31.5 Å². The third-order valence-corrected chi connectivity index (χ3v) is 2.46. The normalized spacial score (nSPS) is 31.1. The fraction of sp³-hybridized carbons (Fsp3) is 0.500. The van der Waals surface area contributed by atoms with Crippen LogP contribution in [0.3, 0.4) is 0 Å². The summed E-state index contributed by atoms with van der Waals surface area (Å²) in [5.74, 6) is -0.107. The first-order chi connectivity index (χ1) is 6.11. The number of carbonyl (C=O) groups is 1. The maximum atomic E-state index is 11.3. The second-order valence-electron chi connectivity index (χ2n) is 3.44. The molecule has 2 nitrogen and oxygen atoms in total. The van der Waals surface area contributed by atoms with Crippen molar-refractivity contribution in [2.24, 2.45) is 11.8 Å². The Labute approximate surface area is 83.2 Å². The van der Waals surface area contributed by atoms with Gasteiger partial charge in [-0.25, -0.2) is 4.79 Å². The van der Waals surface area contributed by atoms with Crippen molar-refractivity contribution in [1.29, 1.82) is 0 Å². The van der Waals surface area contributed by atoms with Gasteiger partial charge >= 0.3 is 5.97 Å². The average molecular weight is 201 g/mol. The molecule has 72 valence electrons.